The van der Waals surface area contributed by atoms with Crippen LogP contribution >= 0.6 is 7.60 Å². The molecule has 3 nitrogen and oxygen atoms in total. The lowest BCUT2D eigenvalue weighted by atomic mass is 9.66. The highest BCUT2D eigenvalue weighted by Gasteiger charge is 2.50. The van der Waals surface area contributed by atoms with Crippen LogP contribution in [0.1, 0.15) is 72.2 Å². The first kappa shape index (κ1) is 28.3. The van der Waals surface area contributed by atoms with Crippen molar-refractivity contribution >= 4 is 18.7 Å². The second-order valence-corrected chi connectivity index (χ2v) is 13.6. The summed E-state index contributed by atoms with van der Waals surface area (Å²) in [6.07, 6.45) is 0. The van der Waals surface area contributed by atoms with Crippen molar-refractivity contribution in [3.05, 3.63) is 104 Å². The van der Waals surface area contributed by atoms with Gasteiger partial charge in [-0.3, -0.25) is 4.57 Å². The molecule has 3 aromatic rings. The first-order valence-electron chi connectivity index (χ1n) is 13.3. The van der Waals surface area contributed by atoms with Gasteiger partial charge in [-0.15, -0.1) is 0 Å². The summed E-state index contributed by atoms with van der Waals surface area (Å²) in [5.74, 6) is 0. The molecule has 2 N–H and O–H groups in total. The molecule has 0 aliphatic heterocycles. The Morgan fingerprint density at radius 1 is 0.711 bits per heavy atom. The monoisotopic (exact) mass is 528 g/mol. The molecule has 0 amide bonds. The van der Waals surface area contributed by atoms with Crippen LogP contribution in [0.2, 0.25) is 0 Å². The number of aryl methyl sites for hydroxylation is 5. The van der Waals surface area contributed by atoms with Gasteiger partial charge in [0.15, 0.2) is 0 Å². The average Bonchev–Trinajstić information content (AvgIpc) is 2.76. The fraction of sp³-hybridized carbons (Fsp3) is 0.353. The van der Waals surface area contributed by atoms with Crippen molar-refractivity contribution < 1.29 is 14.4 Å². The Bertz CT molecular complexity index is 1520. The Kier molecular flexibility index (Phi) is 7.29. The summed E-state index contributed by atoms with van der Waals surface area (Å²) in [6.45, 7) is 20.7. The van der Waals surface area contributed by atoms with Crippen molar-refractivity contribution in [3.63, 3.8) is 0 Å². The van der Waals surface area contributed by atoms with Crippen molar-refractivity contribution in [2.24, 2.45) is 5.41 Å². The summed E-state index contributed by atoms with van der Waals surface area (Å²) >= 11 is 0. The fourth-order valence-electron chi connectivity index (χ4n) is 6.47. The third kappa shape index (κ3) is 4.89. The molecular formula is C34H41O3P. The molecule has 4 heteroatoms. The van der Waals surface area contributed by atoms with Gasteiger partial charge in [0.25, 0.3) is 0 Å². The molecule has 1 aliphatic rings. The first-order valence-corrected chi connectivity index (χ1v) is 15.0. The number of hydrogen-bond donors (Lipinski definition) is 2. The van der Waals surface area contributed by atoms with E-state index in [1.54, 1.807) is 0 Å². The molecule has 0 heterocycles. The zero-order valence-electron chi connectivity index (χ0n) is 24.4. The molecule has 0 saturated carbocycles. The Balaban J connectivity index is 2.28. The summed E-state index contributed by atoms with van der Waals surface area (Å²) in [6, 6.07) is 17.1. The van der Waals surface area contributed by atoms with Gasteiger partial charge in [-0.2, -0.15) is 0 Å². The van der Waals surface area contributed by atoms with Gasteiger partial charge in [0.2, 0.25) is 0 Å². The molecule has 3 aromatic carbocycles. The maximum Gasteiger partial charge on any atom is 0.333 e. The van der Waals surface area contributed by atoms with E-state index in [9.17, 15) is 14.4 Å². The van der Waals surface area contributed by atoms with Gasteiger partial charge >= 0.3 is 7.60 Å². The highest BCUT2D eigenvalue weighted by atomic mass is 31.2. The third-order valence-corrected chi connectivity index (χ3v) is 10.1. The summed E-state index contributed by atoms with van der Waals surface area (Å²) in [7, 11) is -4.58. The molecule has 1 atom stereocenters. The largest absolute Gasteiger partial charge is 0.333 e. The molecular weight excluding hydrogens is 487 g/mol. The minimum Gasteiger partial charge on any atom is -0.324 e. The molecule has 0 spiro atoms. The maximum absolute atomic E-state index is 13.5. The van der Waals surface area contributed by atoms with Crippen molar-refractivity contribution in [3.8, 4) is 11.1 Å². The van der Waals surface area contributed by atoms with E-state index >= 15 is 0 Å². The number of hydrogen-bond acceptors (Lipinski definition) is 1. The predicted octanol–water partition coefficient (Wildman–Crippen LogP) is 9.04. The molecule has 0 fully saturated rings. The van der Waals surface area contributed by atoms with Crippen LogP contribution in [-0.2, 0) is 4.57 Å². The van der Waals surface area contributed by atoms with Crippen molar-refractivity contribution in [1.82, 2.24) is 0 Å². The van der Waals surface area contributed by atoms with Crippen molar-refractivity contribution in [2.45, 2.75) is 74.9 Å². The van der Waals surface area contributed by atoms with Gasteiger partial charge in [0.1, 0.15) is 0 Å². The SMILES string of the molecule is CC1=C(C)C(C)(C)[C@@H](P(=O)(O)O)C(c2ccc(C)c(C)c2-c2cc(C)cc(C)c2)=C1c1cc(C)cc(C)c1. The van der Waals surface area contributed by atoms with E-state index in [1.165, 1.54) is 0 Å². The molecule has 4 rings (SSSR count). The summed E-state index contributed by atoms with van der Waals surface area (Å²) in [5.41, 5.74) is 13.0. The summed E-state index contributed by atoms with van der Waals surface area (Å²) < 4.78 is 13.5. The van der Waals surface area contributed by atoms with Crippen LogP contribution in [0.25, 0.3) is 22.3 Å². The Morgan fingerprint density at radius 3 is 1.66 bits per heavy atom. The number of allylic oxidation sites excluding steroid dienone is 4. The minimum absolute atomic E-state index is 0.737. The van der Waals surface area contributed by atoms with E-state index in [2.05, 4.69) is 97.0 Å². The molecule has 1 aliphatic carbocycles. The van der Waals surface area contributed by atoms with Crippen LogP contribution in [0.3, 0.4) is 0 Å². The topological polar surface area (TPSA) is 57.5 Å². The lowest BCUT2D eigenvalue weighted by molar-refractivity contribution is 0.328. The van der Waals surface area contributed by atoms with E-state index in [-0.39, 0.29) is 0 Å². The third-order valence-electron chi connectivity index (χ3n) is 8.51. The average molecular weight is 529 g/mol. The standard InChI is InChI=1S/C34H41O3P/c1-19-13-20(2)16-27(15-19)30-24(6)23(5)11-12-29(30)32-31(28-17-21(3)14-22(4)18-28)25(7)26(8)34(9,10)33(32)38(35,36)37/h11-18,33H,1-10H3,(H2,35,36,37)/t33-/m0/s1. The molecule has 0 radical (unpaired) electrons. The van der Waals surface area contributed by atoms with Crippen LogP contribution in [0.15, 0.2) is 59.7 Å². The second-order valence-electron chi connectivity index (χ2n) is 11.9. The molecule has 38 heavy (non-hydrogen) atoms. The zero-order valence-corrected chi connectivity index (χ0v) is 25.3. The Hall–Kier alpha value is -2.71. The normalized spacial score (nSPS) is 17.8. The molecule has 0 unspecified atom stereocenters. The van der Waals surface area contributed by atoms with E-state index in [4.69, 9.17) is 0 Å². The smallest absolute Gasteiger partial charge is 0.324 e. The lowest BCUT2D eigenvalue weighted by Gasteiger charge is -2.44. The quantitative estimate of drug-likeness (QED) is 0.332. The Labute approximate surface area is 228 Å². The lowest BCUT2D eigenvalue weighted by Crippen LogP contribution is -2.36. The van der Waals surface area contributed by atoms with Gasteiger partial charge in [-0.25, -0.2) is 0 Å². The first-order chi connectivity index (χ1) is 17.5. The highest BCUT2D eigenvalue weighted by Crippen LogP contribution is 2.63. The van der Waals surface area contributed by atoms with Crippen LogP contribution in [0.4, 0.5) is 0 Å². The van der Waals surface area contributed by atoms with E-state index in [0.29, 0.717) is 0 Å². The second kappa shape index (κ2) is 9.79. The van der Waals surface area contributed by atoms with E-state index in [0.717, 1.165) is 77.9 Å². The maximum atomic E-state index is 13.5. The van der Waals surface area contributed by atoms with E-state index < -0.39 is 18.7 Å². The van der Waals surface area contributed by atoms with E-state index in [1.807, 2.05) is 20.8 Å². The van der Waals surface area contributed by atoms with Gasteiger partial charge < -0.3 is 9.79 Å². The molecule has 0 saturated heterocycles. The number of benzene rings is 3. The predicted molar refractivity (Wildman–Crippen MR) is 162 cm³/mol. The van der Waals surface area contributed by atoms with Crippen molar-refractivity contribution in [2.75, 3.05) is 0 Å². The fourth-order valence-corrected chi connectivity index (χ4v) is 8.11. The summed E-state index contributed by atoms with van der Waals surface area (Å²) in [4.78, 5) is 22.0. The van der Waals surface area contributed by atoms with Gasteiger partial charge in [-0.05, 0) is 105 Å². The van der Waals surface area contributed by atoms with Gasteiger partial charge in [0, 0.05) is 5.41 Å². The van der Waals surface area contributed by atoms with Crippen LogP contribution in [0.5, 0.6) is 0 Å². The van der Waals surface area contributed by atoms with Gasteiger partial charge in [0.05, 0.1) is 5.66 Å². The molecule has 0 bridgehead atoms. The van der Waals surface area contributed by atoms with Gasteiger partial charge in [-0.1, -0.05) is 90.2 Å². The van der Waals surface area contributed by atoms with Crippen molar-refractivity contribution in [1.29, 1.82) is 0 Å². The van der Waals surface area contributed by atoms with Crippen LogP contribution < -0.4 is 0 Å². The minimum atomic E-state index is -4.58. The highest BCUT2D eigenvalue weighted by molar-refractivity contribution is 7.53. The van der Waals surface area contributed by atoms with Crippen LogP contribution in [-0.4, -0.2) is 15.4 Å². The number of rotatable bonds is 4. The molecule has 200 valence electrons. The molecule has 0 aromatic heterocycles. The van der Waals surface area contributed by atoms with Crippen LogP contribution in [0, 0.1) is 47.0 Å². The summed E-state index contributed by atoms with van der Waals surface area (Å²) in [5, 5.41) is 0. The Morgan fingerprint density at radius 2 is 1.18 bits per heavy atom. The zero-order chi connectivity index (χ0) is 28.3.